The lowest BCUT2D eigenvalue weighted by Gasteiger charge is -2.31. The predicted octanol–water partition coefficient (Wildman–Crippen LogP) is 1.38. The van der Waals surface area contributed by atoms with Crippen LogP contribution in [0.1, 0.15) is 20.8 Å². The van der Waals surface area contributed by atoms with Gasteiger partial charge in [-0.2, -0.15) is 0 Å². The van der Waals surface area contributed by atoms with Crippen molar-refractivity contribution in [2.24, 2.45) is 11.8 Å². The molecular weight excluding hydrogens is 150 g/mol. The summed E-state index contributed by atoms with van der Waals surface area (Å²) in [5.74, 6) is 1.04. The zero-order chi connectivity index (χ0) is 9.14. The molecule has 0 bridgehead atoms. The Labute approximate surface area is 74.0 Å². The third-order valence-electron chi connectivity index (χ3n) is 2.40. The van der Waals surface area contributed by atoms with E-state index in [0.29, 0.717) is 5.92 Å². The molecule has 0 radical (unpaired) electrons. The first-order valence-electron chi connectivity index (χ1n) is 4.50. The van der Waals surface area contributed by atoms with Crippen molar-refractivity contribution in [2.45, 2.75) is 20.8 Å². The summed E-state index contributed by atoms with van der Waals surface area (Å²) in [7, 11) is 0. The second-order valence-corrected chi connectivity index (χ2v) is 3.83. The molecule has 0 saturated carbocycles. The first kappa shape index (κ1) is 9.46. The van der Waals surface area contributed by atoms with E-state index in [1.807, 2.05) is 20.8 Å². The lowest BCUT2D eigenvalue weighted by molar-refractivity contribution is -0.119. The van der Waals surface area contributed by atoms with Gasteiger partial charge in [0.25, 0.3) is 0 Å². The lowest BCUT2D eigenvalue weighted by atomic mass is 9.85. The van der Waals surface area contributed by atoms with Crippen molar-refractivity contribution in [3.63, 3.8) is 0 Å². The molecule has 1 unspecified atom stereocenters. The number of nitrogens with one attached hydrogen (secondary N) is 1. The van der Waals surface area contributed by atoms with Gasteiger partial charge in [0.2, 0.25) is 0 Å². The second kappa shape index (κ2) is 3.85. The van der Waals surface area contributed by atoms with Crippen molar-refractivity contribution >= 4 is 5.78 Å². The Hall–Kier alpha value is -0.630. The van der Waals surface area contributed by atoms with Gasteiger partial charge in [0.05, 0.1) is 0 Å². The van der Waals surface area contributed by atoms with Crippen molar-refractivity contribution < 1.29 is 4.79 Å². The van der Waals surface area contributed by atoms with E-state index in [1.165, 1.54) is 0 Å². The van der Waals surface area contributed by atoms with Crippen molar-refractivity contribution in [3.05, 3.63) is 11.6 Å². The molecule has 0 spiro atoms. The largest absolute Gasteiger partial charge is 0.316 e. The van der Waals surface area contributed by atoms with Gasteiger partial charge in [-0.25, -0.2) is 0 Å². The van der Waals surface area contributed by atoms with Crippen LogP contribution >= 0.6 is 0 Å². The summed E-state index contributed by atoms with van der Waals surface area (Å²) >= 11 is 0. The maximum atomic E-state index is 11.5. The number of carbonyl (C=O) groups is 1. The molecule has 1 N–H and O–H groups in total. The molecule has 1 rings (SSSR count). The minimum absolute atomic E-state index is 0.196. The van der Waals surface area contributed by atoms with Crippen LogP contribution in [0.3, 0.4) is 0 Å². The highest BCUT2D eigenvalue weighted by Crippen LogP contribution is 2.17. The SMILES string of the molecule is CC(C)=CC(=O)C(C)C1CNC1. The van der Waals surface area contributed by atoms with Crippen molar-refractivity contribution in [2.75, 3.05) is 13.1 Å². The fraction of sp³-hybridized carbons (Fsp3) is 0.700. The van der Waals surface area contributed by atoms with Crippen LogP contribution in [0.5, 0.6) is 0 Å². The Bertz CT molecular complexity index is 200. The van der Waals surface area contributed by atoms with Crippen LogP contribution in [0.25, 0.3) is 0 Å². The molecule has 1 atom stereocenters. The summed E-state index contributed by atoms with van der Waals surface area (Å²) in [4.78, 5) is 11.5. The number of rotatable bonds is 3. The molecule has 1 saturated heterocycles. The molecule has 1 fully saturated rings. The average molecular weight is 167 g/mol. The van der Waals surface area contributed by atoms with Crippen LogP contribution in [0.2, 0.25) is 0 Å². The van der Waals surface area contributed by atoms with Gasteiger partial charge in [0.15, 0.2) is 5.78 Å². The van der Waals surface area contributed by atoms with Crippen LogP contribution in [-0.2, 0) is 4.79 Å². The standard InChI is InChI=1S/C10H17NO/c1-7(2)4-10(12)8(3)9-5-11-6-9/h4,8-9,11H,5-6H2,1-3H3. The van der Waals surface area contributed by atoms with Crippen LogP contribution in [0.4, 0.5) is 0 Å². The first-order chi connectivity index (χ1) is 5.61. The molecule has 0 aromatic rings. The quantitative estimate of drug-likeness (QED) is 0.643. The van der Waals surface area contributed by atoms with Gasteiger partial charge in [-0.05, 0) is 38.9 Å². The average Bonchev–Trinajstić information content (AvgIpc) is 1.81. The van der Waals surface area contributed by atoms with E-state index >= 15 is 0 Å². The molecule has 1 aliphatic rings. The van der Waals surface area contributed by atoms with Gasteiger partial charge < -0.3 is 5.32 Å². The van der Waals surface area contributed by atoms with Crippen molar-refractivity contribution in [3.8, 4) is 0 Å². The van der Waals surface area contributed by atoms with E-state index in [2.05, 4.69) is 5.32 Å². The molecular formula is C10H17NO. The molecule has 68 valence electrons. The third kappa shape index (κ3) is 2.18. The summed E-state index contributed by atoms with van der Waals surface area (Å²) in [5, 5.41) is 3.18. The molecule has 0 aromatic carbocycles. The second-order valence-electron chi connectivity index (χ2n) is 3.83. The maximum absolute atomic E-state index is 11.5. The third-order valence-corrected chi connectivity index (χ3v) is 2.40. The molecule has 0 aliphatic carbocycles. The lowest BCUT2D eigenvalue weighted by Crippen LogP contribution is -2.47. The zero-order valence-corrected chi connectivity index (χ0v) is 8.05. The summed E-state index contributed by atoms with van der Waals surface area (Å²) in [5.41, 5.74) is 1.10. The maximum Gasteiger partial charge on any atom is 0.158 e. The first-order valence-corrected chi connectivity index (χ1v) is 4.50. The fourth-order valence-electron chi connectivity index (χ4n) is 1.31. The molecule has 0 aromatic heterocycles. The minimum atomic E-state index is 0.196. The van der Waals surface area contributed by atoms with Crippen LogP contribution < -0.4 is 5.32 Å². The molecule has 12 heavy (non-hydrogen) atoms. The summed E-state index contributed by atoms with van der Waals surface area (Å²) < 4.78 is 0. The highest BCUT2D eigenvalue weighted by Gasteiger charge is 2.27. The van der Waals surface area contributed by atoms with E-state index in [-0.39, 0.29) is 11.7 Å². The molecule has 0 amide bonds. The van der Waals surface area contributed by atoms with Gasteiger partial charge >= 0.3 is 0 Å². The minimum Gasteiger partial charge on any atom is -0.316 e. The van der Waals surface area contributed by atoms with E-state index in [9.17, 15) is 4.79 Å². The highest BCUT2D eigenvalue weighted by molar-refractivity contribution is 5.92. The number of hydrogen-bond acceptors (Lipinski definition) is 2. The van der Waals surface area contributed by atoms with E-state index in [1.54, 1.807) is 6.08 Å². The van der Waals surface area contributed by atoms with Crippen LogP contribution in [-0.4, -0.2) is 18.9 Å². The Kier molecular flexibility index (Phi) is 3.04. The van der Waals surface area contributed by atoms with E-state index < -0.39 is 0 Å². The van der Waals surface area contributed by atoms with Crippen LogP contribution in [0, 0.1) is 11.8 Å². The Morgan fingerprint density at radius 2 is 2.08 bits per heavy atom. The number of hydrogen-bond donors (Lipinski definition) is 1. The van der Waals surface area contributed by atoms with Crippen molar-refractivity contribution in [1.29, 1.82) is 0 Å². The van der Waals surface area contributed by atoms with E-state index in [0.717, 1.165) is 18.7 Å². The zero-order valence-electron chi connectivity index (χ0n) is 8.05. The molecule has 2 heteroatoms. The van der Waals surface area contributed by atoms with Gasteiger partial charge in [0.1, 0.15) is 0 Å². The summed E-state index contributed by atoms with van der Waals surface area (Å²) in [6.07, 6.45) is 1.75. The highest BCUT2D eigenvalue weighted by atomic mass is 16.1. The van der Waals surface area contributed by atoms with Crippen molar-refractivity contribution in [1.82, 2.24) is 5.32 Å². The predicted molar refractivity (Wildman–Crippen MR) is 50.0 cm³/mol. The van der Waals surface area contributed by atoms with Gasteiger partial charge in [0, 0.05) is 5.92 Å². The summed E-state index contributed by atoms with van der Waals surface area (Å²) in [6, 6.07) is 0. The monoisotopic (exact) mass is 167 g/mol. The molecule has 1 aliphatic heterocycles. The Balaban J connectivity index is 2.45. The summed E-state index contributed by atoms with van der Waals surface area (Å²) in [6.45, 7) is 7.95. The Morgan fingerprint density at radius 3 is 2.42 bits per heavy atom. The molecule has 2 nitrogen and oxygen atoms in total. The van der Waals surface area contributed by atoms with Gasteiger partial charge in [-0.3, -0.25) is 4.79 Å². The van der Waals surface area contributed by atoms with Gasteiger partial charge in [-0.1, -0.05) is 12.5 Å². The van der Waals surface area contributed by atoms with E-state index in [4.69, 9.17) is 0 Å². The topological polar surface area (TPSA) is 29.1 Å². The fourth-order valence-corrected chi connectivity index (χ4v) is 1.31. The van der Waals surface area contributed by atoms with Crippen LogP contribution in [0.15, 0.2) is 11.6 Å². The number of carbonyl (C=O) groups excluding carboxylic acids is 1. The number of ketones is 1. The number of allylic oxidation sites excluding steroid dienone is 2. The molecule has 1 heterocycles. The van der Waals surface area contributed by atoms with Gasteiger partial charge in [-0.15, -0.1) is 0 Å². The normalized spacial score (nSPS) is 19.6. The smallest absolute Gasteiger partial charge is 0.158 e. The Morgan fingerprint density at radius 1 is 1.50 bits per heavy atom.